The number of benzene rings is 2. The summed E-state index contributed by atoms with van der Waals surface area (Å²) in [5, 5.41) is 7.28. The number of carbonyl (C=O) groups excluding carboxylic acids is 2. The van der Waals surface area contributed by atoms with Crippen LogP contribution in [-0.2, 0) is 4.79 Å². The van der Waals surface area contributed by atoms with Crippen molar-refractivity contribution >= 4 is 52.2 Å². The SMILES string of the molecule is COc1cc(C=NNC(=O)C(NC(=O)c2ccc(Cl)cc2)C(C)C)cc(I)c1OC. The Labute approximate surface area is 194 Å². The summed E-state index contributed by atoms with van der Waals surface area (Å²) in [6.07, 6.45) is 1.50. The lowest BCUT2D eigenvalue weighted by Crippen LogP contribution is -2.48. The number of halogens is 2. The standard InChI is InChI=1S/C21H23ClIN3O4/c1-12(2)18(25-20(27)14-5-7-15(22)8-6-14)21(28)26-24-11-13-9-16(23)19(30-4)17(10-13)29-3/h5-12,18H,1-4H3,(H,25,27)(H,26,28). The van der Waals surface area contributed by atoms with Crippen LogP contribution < -0.4 is 20.2 Å². The van der Waals surface area contributed by atoms with Gasteiger partial charge >= 0.3 is 0 Å². The molecule has 0 bridgehead atoms. The summed E-state index contributed by atoms with van der Waals surface area (Å²) >= 11 is 7.98. The van der Waals surface area contributed by atoms with Gasteiger partial charge in [0.25, 0.3) is 11.8 Å². The molecule has 0 radical (unpaired) electrons. The third-order valence-electron chi connectivity index (χ3n) is 4.19. The first-order valence-corrected chi connectivity index (χ1v) is 10.5. The molecule has 0 saturated heterocycles. The molecule has 0 saturated carbocycles. The van der Waals surface area contributed by atoms with Crippen molar-refractivity contribution in [2.75, 3.05) is 14.2 Å². The maximum atomic E-state index is 12.6. The predicted molar refractivity (Wildman–Crippen MR) is 126 cm³/mol. The Morgan fingerprint density at radius 1 is 1.13 bits per heavy atom. The van der Waals surface area contributed by atoms with Gasteiger partial charge in [0.2, 0.25) is 0 Å². The van der Waals surface area contributed by atoms with Crippen molar-refractivity contribution < 1.29 is 19.1 Å². The van der Waals surface area contributed by atoms with Crippen LogP contribution >= 0.6 is 34.2 Å². The largest absolute Gasteiger partial charge is 0.493 e. The van der Waals surface area contributed by atoms with Crippen molar-refractivity contribution in [3.05, 3.63) is 56.1 Å². The van der Waals surface area contributed by atoms with E-state index >= 15 is 0 Å². The van der Waals surface area contributed by atoms with E-state index in [0.29, 0.717) is 22.1 Å². The molecule has 1 atom stereocenters. The summed E-state index contributed by atoms with van der Waals surface area (Å²) < 4.78 is 11.5. The maximum absolute atomic E-state index is 12.6. The minimum Gasteiger partial charge on any atom is -0.493 e. The van der Waals surface area contributed by atoms with Gasteiger partial charge in [-0.1, -0.05) is 25.4 Å². The highest BCUT2D eigenvalue weighted by Gasteiger charge is 2.24. The molecule has 9 heteroatoms. The zero-order valence-electron chi connectivity index (χ0n) is 17.0. The van der Waals surface area contributed by atoms with E-state index in [-0.39, 0.29) is 11.8 Å². The topological polar surface area (TPSA) is 89.0 Å². The molecule has 2 rings (SSSR count). The highest BCUT2D eigenvalue weighted by atomic mass is 127. The van der Waals surface area contributed by atoms with Gasteiger partial charge in [-0.05, 0) is 70.5 Å². The Kier molecular flexibility index (Phi) is 8.91. The molecule has 2 aromatic rings. The number of hydrazone groups is 1. The smallest absolute Gasteiger partial charge is 0.262 e. The van der Waals surface area contributed by atoms with E-state index in [2.05, 4.69) is 38.4 Å². The van der Waals surface area contributed by atoms with Crippen LogP contribution in [0.5, 0.6) is 11.5 Å². The normalized spacial score (nSPS) is 12.0. The third-order valence-corrected chi connectivity index (χ3v) is 5.24. The van der Waals surface area contributed by atoms with E-state index in [4.69, 9.17) is 21.1 Å². The quantitative estimate of drug-likeness (QED) is 0.301. The van der Waals surface area contributed by atoms with Gasteiger partial charge in [0.1, 0.15) is 6.04 Å². The predicted octanol–water partition coefficient (Wildman–Crippen LogP) is 3.87. The molecule has 0 aromatic heterocycles. The number of carbonyl (C=O) groups is 2. The summed E-state index contributed by atoms with van der Waals surface area (Å²) in [7, 11) is 3.12. The molecule has 7 nitrogen and oxygen atoms in total. The van der Waals surface area contributed by atoms with E-state index in [9.17, 15) is 9.59 Å². The molecule has 0 fully saturated rings. The lowest BCUT2D eigenvalue weighted by Gasteiger charge is -2.20. The second-order valence-corrected chi connectivity index (χ2v) is 8.27. The van der Waals surface area contributed by atoms with E-state index in [1.54, 1.807) is 44.6 Å². The van der Waals surface area contributed by atoms with E-state index < -0.39 is 11.9 Å². The molecule has 2 amide bonds. The number of nitrogens with one attached hydrogen (secondary N) is 2. The van der Waals surface area contributed by atoms with Gasteiger partial charge in [-0.2, -0.15) is 5.10 Å². The van der Waals surface area contributed by atoms with Crippen LogP contribution in [0.3, 0.4) is 0 Å². The molecule has 0 aliphatic heterocycles. The molecule has 160 valence electrons. The van der Waals surface area contributed by atoms with Crippen LogP contribution in [-0.4, -0.2) is 38.3 Å². The number of rotatable bonds is 8. The highest BCUT2D eigenvalue weighted by Crippen LogP contribution is 2.33. The van der Waals surface area contributed by atoms with Gasteiger partial charge in [-0.3, -0.25) is 9.59 Å². The summed E-state index contributed by atoms with van der Waals surface area (Å²) in [5.41, 5.74) is 3.63. The monoisotopic (exact) mass is 543 g/mol. The van der Waals surface area contributed by atoms with Gasteiger partial charge in [-0.25, -0.2) is 5.43 Å². The molecule has 0 spiro atoms. The van der Waals surface area contributed by atoms with Crippen molar-refractivity contribution in [3.63, 3.8) is 0 Å². The average Bonchev–Trinajstić information content (AvgIpc) is 2.71. The maximum Gasteiger partial charge on any atom is 0.262 e. The second-order valence-electron chi connectivity index (χ2n) is 6.67. The van der Waals surface area contributed by atoms with Crippen molar-refractivity contribution in [2.45, 2.75) is 19.9 Å². The van der Waals surface area contributed by atoms with Gasteiger partial charge in [0.15, 0.2) is 11.5 Å². The summed E-state index contributed by atoms with van der Waals surface area (Å²) in [6, 6.07) is 9.29. The first kappa shape index (κ1) is 23.9. The van der Waals surface area contributed by atoms with Crippen molar-refractivity contribution in [2.24, 2.45) is 11.0 Å². The van der Waals surface area contributed by atoms with E-state index in [1.165, 1.54) is 6.21 Å². The fraction of sp³-hybridized carbons (Fsp3) is 0.286. The van der Waals surface area contributed by atoms with Gasteiger partial charge in [0.05, 0.1) is 24.0 Å². The Morgan fingerprint density at radius 3 is 2.37 bits per heavy atom. The first-order chi connectivity index (χ1) is 14.3. The molecule has 0 heterocycles. The van der Waals surface area contributed by atoms with Crippen LogP contribution in [0.2, 0.25) is 5.02 Å². The lowest BCUT2D eigenvalue weighted by molar-refractivity contribution is -0.123. The van der Waals surface area contributed by atoms with E-state index in [1.807, 2.05) is 19.9 Å². The minimum absolute atomic E-state index is 0.140. The van der Waals surface area contributed by atoms with Crippen LogP contribution in [0.15, 0.2) is 41.5 Å². The number of nitrogens with zero attached hydrogens (tertiary/aromatic N) is 1. The van der Waals surface area contributed by atoms with E-state index in [0.717, 1.165) is 9.13 Å². The Balaban J connectivity index is 2.07. The number of hydrogen-bond acceptors (Lipinski definition) is 5. The summed E-state index contributed by atoms with van der Waals surface area (Å²) in [5.74, 6) is 0.271. The fourth-order valence-electron chi connectivity index (χ4n) is 2.61. The van der Waals surface area contributed by atoms with Crippen LogP contribution in [0.25, 0.3) is 0 Å². The number of methoxy groups -OCH3 is 2. The molecule has 2 N–H and O–H groups in total. The molecular weight excluding hydrogens is 521 g/mol. The van der Waals surface area contributed by atoms with Crippen molar-refractivity contribution in [1.82, 2.24) is 10.7 Å². The van der Waals surface area contributed by atoms with Crippen LogP contribution in [0, 0.1) is 9.49 Å². The Bertz CT molecular complexity index is 933. The fourth-order valence-corrected chi connectivity index (χ4v) is 3.58. The zero-order chi connectivity index (χ0) is 22.3. The second kappa shape index (κ2) is 11.2. The molecule has 0 aliphatic carbocycles. The lowest BCUT2D eigenvalue weighted by atomic mass is 10.0. The van der Waals surface area contributed by atoms with Gasteiger partial charge < -0.3 is 14.8 Å². The zero-order valence-corrected chi connectivity index (χ0v) is 19.9. The molecule has 1 unspecified atom stereocenters. The van der Waals surface area contributed by atoms with Crippen LogP contribution in [0.4, 0.5) is 0 Å². The Hall–Kier alpha value is -2.33. The van der Waals surface area contributed by atoms with Gasteiger partial charge in [0, 0.05) is 10.6 Å². The summed E-state index contributed by atoms with van der Waals surface area (Å²) in [4.78, 5) is 25.0. The van der Waals surface area contributed by atoms with Crippen molar-refractivity contribution in [1.29, 1.82) is 0 Å². The Morgan fingerprint density at radius 2 is 1.80 bits per heavy atom. The third kappa shape index (κ3) is 6.33. The molecule has 0 aliphatic rings. The molecule has 2 aromatic carbocycles. The summed E-state index contributed by atoms with van der Waals surface area (Å²) in [6.45, 7) is 3.68. The minimum atomic E-state index is -0.754. The molecule has 30 heavy (non-hydrogen) atoms. The van der Waals surface area contributed by atoms with Crippen molar-refractivity contribution in [3.8, 4) is 11.5 Å². The number of ether oxygens (including phenoxy) is 2. The van der Waals surface area contributed by atoms with Crippen LogP contribution in [0.1, 0.15) is 29.8 Å². The average molecular weight is 544 g/mol. The van der Waals surface area contributed by atoms with Gasteiger partial charge in [-0.15, -0.1) is 0 Å². The number of hydrogen-bond donors (Lipinski definition) is 2. The highest BCUT2D eigenvalue weighted by molar-refractivity contribution is 14.1. The molecular formula is C21H23ClIN3O4. The first-order valence-electron chi connectivity index (χ1n) is 9.07. The number of amides is 2.